The number of carbonyl (C=O) groups excluding carboxylic acids is 1. The van der Waals surface area contributed by atoms with Crippen molar-refractivity contribution in [1.82, 2.24) is 15.2 Å². The number of pyridine rings is 1. The Hall–Kier alpha value is -2.21. The van der Waals surface area contributed by atoms with Crippen LogP contribution in [0.1, 0.15) is 10.4 Å². The molecule has 0 saturated carbocycles. The standard InChI is InChI=1S/C10H8ClN5O/c11-7-5-13-8(12)4-6(7)10(17)15-9-2-1-3-14-16-9/h1-5H,(H2,12,13)(H,15,16,17). The summed E-state index contributed by atoms with van der Waals surface area (Å²) < 4.78 is 0. The van der Waals surface area contributed by atoms with E-state index in [4.69, 9.17) is 17.3 Å². The summed E-state index contributed by atoms with van der Waals surface area (Å²) in [5.74, 6) is 0.146. The number of hydrogen-bond acceptors (Lipinski definition) is 5. The van der Waals surface area contributed by atoms with Crippen LogP contribution in [0.15, 0.2) is 30.6 Å². The van der Waals surface area contributed by atoms with E-state index in [1.165, 1.54) is 18.5 Å². The van der Waals surface area contributed by atoms with Crippen molar-refractivity contribution in [1.29, 1.82) is 0 Å². The van der Waals surface area contributed by atoms with Gasteiger partial charge in [0.1, 0.15) is 5.82 Å². The topological polar surface area (TPSA) is 93.8 Å². The van der Waals surface area contributed by atoms with Gasteiger partial charge in [-0.2, -0.15) is 5.10 Å². The molecule has 0 saturated heterocycles. The zero-order chi connectivity index (χ0) is 12.3. The third-order valence-corrected chi connectivity index (χ3v) is 2.24. The normalized spacial score (nSPS) is 9.94. The van der Waals surface area contributed by atoms with Crippen LogP contribution in [0.3, 0.4) is 0 Å². The lowest BCUT2D eigenvalue weighted by Gasteiger charge is -2.05. The Bertz CT molecular complexity index is 546. The second kappa shape index (κ2) is 4.75. The fourth-order valence-electron chi connectivity index (χ4n) is 1.18. The van der Waals surface area contributed by atoms with Crippen LogP contribution in [0.4, 0.5) is 11.6 Å². The average Bonchev–Trinajstić information content (AvgIpc) is 2.33. The van der Waals surface area contributed by atoms with Gasteiger partial charge in [-0.1, -0.05) is 11.6 Å². The Balaban J connectivity index is 2.23. The van der Waals surface area contributed by atoms with Gasteiger partial charge < -0.3 is 11.1 Å². The lowest BCUT2D eigenvalue weighted by molar-refractivity contribution is 0.102. The number of amides is 1. The van der Waals surface area contributed by atoms with E-state index in [1.807, 2.05) is 0 Å². The molecule has 2 heterocycles. The lowest BCUT2D eigenvalue weighted by Crippen LogP contribution is -2.14. The summed E-state index contributed by atoms with van der Waals surface area (Å²) >= 11 is 5.84. The largest absolute Gasteiger partial charge is 0.384 e. The maximum Gasteiger partial charge on any atom is 0.258 e. The summed E-state index contributed by atoms with van der Waals surface area (Å²) in [6, 6.07) is 4.67. The number of nitrogen functional groups attached to an aromatic ring is 1. The van der Waals surface area contributed by atoms with Crippen molar-refractivity contribution in [2.45, 2.75) is 0 Å². The molecule has 0 unspecified atom stereocenters. The van der Waals surface area contributed by atoms with Crippen molar-refractivity contribution in [3.63, 3.8) is 0 Å². The molecule has 1 amide bonds. The molecule has 2 rings (SSSR count). The molecule has 0 aliphatic carbocycles. The molecule has 2 aromatic rings. The second-order valence-electron chi connectivity index (χ2n) is 3.15. The van der Waals surface area contributed by atoms with Crippen LogP contribution in [0.5, 0.6) is 0 Å². The summed E-state index contributed by atoms with van der Waals surface area (Å²) in [7, 11) is 0. The Labute approximate surface area is 102 Å². The molecule has 86 valence electrons. The number of carbonyl (C=O) groups is 1. The minimum Gasteiger partial charge on any atom is -0.384 e. The van der Waals surface area contributed by atoms with E-state index < -0.39 is 5.91 Å². The predicted molar refractivity (Wildman–Crippen MR) is 63.6 cm³/mol. The first-order valence-electron chi connectivity index (χ1n) is 4.67. The van der Waals surface area contributed by atoms with E-state index >= 15 is 0 Å². The minimum atomic E-state index is -0.412. The molecule has 0 fully saturated rings. The van der Waals surface area contributed by atoms with Crippen molar-refractivity contribution < 1.29 is 4.79 Å². The molecule has 6 nitrogen and oxygen atoms in total. The molecule has 17 heavy (non-hydrogen) atoms. The Morgan fingerprint density at radius 1 is 1.47 bits per heavy atom. The lowest BCUT2D eigenvalue weighted by atomic mass is 10.2. The van der Waals surface area contributed by atoms with Crippen LogP contribution >= 0.6 is 11.6 Å². The summed E-state index contributed by atoms with van der Waals surface area (Å²) in [5, 5.41) is 10.1. The van der Waals surface area contributed by atoms with E-state index in [0.717, 1.165) is 0 Å². The molecular formula is C10H8ClN5O. The molecule has 7 heteroatoms. The highest BCUT2D eigenvalue weighted by atomic mass is 35.5. The van der Waals surface area contributed by atoms with Gasteiger partial charge in [-0.25, -0.2) is 4.98 Å². The van der Waals surface area contributed by atoms with Gasteiger partial charge in [-0.05, 0) is 18.2 Å². The van der Waals surface area contributed by atoms with Gasteiger partial charge in [0.15, 0.2) is 5.82 Å². The minimum absolute atomic E-state index is 0.221. The van der Waals surface area contributed by atoms with Crippen molar-refractivity contribution in [2.24, 2.45) is 0 Å². The maximum absolute atomic E-state index is 11.8. The number of hydrogen-bond donors (Lipinski definition) is 2. The molecule has 0 aliphatic heterocycles. The number of nitrogens with zero attached hydrogens (tertiary/aromatic N) is 3. The third-order valence-electron chi connectivity index (χ3n) is 1.94. The molecule has 0 spiro atoms. The number of nitrogens with one attached hydrogen (secondary N) is 1. The van der Waals surface area contributed by atoms with E-state index in [1.54, 1.807) is 12.1 Å². The van der Waals surface area contributed by atoms with Gasteiger partial charge >= 0.3 is 0 Å². The molecular weight excluding hydrogens is 242 g/mol. The Kier molecular flexibility index (Phi) is 3.15. The Morgan fingerprint density at radius 3 is 3.00 bits per heavy atom. The van der Waals surface area contributed by atoms with Gasteiger partial charge in [0.25, 0.3) is 5.91 Å². The molecule has 0 bridgehead atoms. The predicted octanol–water partition coefficient (Wildman–Crippen LogP) is 1.36. The first-order chi connectivity index (χ1) is 8.16. The number of aromatic nitrogens is 3. The molecule has 0 aromatic carbocycles. The highest BCUT2D eigenvalue weighted by Gasteiger charge is 2.12. The monoisotopic (exact) mass is 249 g/mol. The van der Waals surface area contributed by atoms with Crippen LogP contribution < -0.4 is 11.1 Å². The van der Waals surface area contributed by atoms with Crippen LogP contribution in [-0.4, -0.2) is 21.1 Å². The number of nitrogens with two attached hydrogens (primary N) is 1. The highest BCUT2D eigenvalue weighted by molar-refractivity contribution is 6.34. The van der Waals surface area contributed by atoms with Crippen LogP contribution in [-0.2, 0) is 0 Å². The van der Waals surface area contributed by atoms with Gasteiger partial charge in [0, 0.05) is 12.4 Å². The van der Waals surface area contributed by atoms with Gasteiger partial charge in [0.05, 0.1) is 10.6 Å². The smallest absolute Gasteiger partial charge is 0.258 e. The fourth-order valence-corrected chi connectivity index (χ4v) is 1.37. The van der Waals surface area contributed by atoms with Gasteiger partial charge in [-0.15, -0.1) is 5.10 Å². The number of anilines is 2. The summed E-state index contributed by atoms with van der Waals surface area (Å²) in [6.45, 7) is 0. The van der Waals surface area contributed by atoms with Gasteiger partial charge in [-0.3, -0.25) is 4.79 Å². The summed E-state index contributed by atoms with van der Waals surface area (Å²) in [6.07, 6.45) is 2.83. The van der Waals surface area contributed by atoms with Crippen LogP contribution in [0, 0.1) is 0 Å². The zero-order valence-corrected chi connectivity index (χ0v) is 9.35. The number of halogens is 1. The van der Waals surface area contributed by atoms with E-state index in [9.17, 15) is 4.79 Å². The van der Waals surface area contributed by atoms with E-state index in [-0.39, 0.29) is 16.4 Å². The van der Waals surface area contributed by atoms with E-state index in [2.05, 4.69) is 20.5 Å². The van der Waals surface area contributed by atoms with E-state index in [0.29, 0.717) is 5.82 Å². The summed E-state index contributed by atoms with van der Waals surface area (Å²) in [5.41, 5.74) is 5.72. The molecule has 0 radical (unpaired) electrons. The summed E-state index contributed by atoms with van der Waals surface area (Å²) in [4.78, 5) is 15.6. The molecule has 0 aliphatic rings. The number of rotatable bonds is 2. The van der Waals surface area contributed by atoms with Crippen LogP contribution in [0.25, 0.3) is 0 Å². The highest BCUT2D eigenvalue weighted by Crippen LogP contribution is 2.17. The molecule has 0 atom stereocenters. The van der Waals surface area contributed by atoms with Crippen molar-refractivity contribution >= 4 is 29.1 Å². The maximum atomic E-state index is 11.8. The Morgan fingerprint density at radius 2 is 2.29 bits per heavy atom. The molecule has 2 aromatic heterocycles. The SMILES string of the molecule is Nc1cc(C(=O)Nc2cccnn2)c(Cl)cn1. The third kappa shape index (κ3) is 2.67. The first-order valence-corrected chi connectivity index (χ1v) is 5.04. The fraction of sp³-hybridized carbons (Fsp3) is 0. The molecule has 3 N–H and O–H groups in total. The van der Waals surface area contributed by atoms with Crippen molar-refractivity contribution in [3.8, 4) is 0 Å². The second-order valence-corrected chi connectivity index (χ2v) is 3.56. The quantitative estimate of drug-likeness (QED) is 0.838. The van der Waals surface area contributed by atoms with Crippen molar-refractivity contribution in [2.75, 3.05) is 11.1 Å². The first kappa shape index (κ1) is 11.3. The zero-order valence-electron chi connectivity index (χ0n) is 8.59. The van der Waals surface area contributed by atoms with Gasteiger partial charge in [0.2, 0.25) is 0 Å². The van der Waals surface area contributed by atoms with Crippen LogP contribution in [0.2, 0.25) is 5.02 Å². The van der Waals surface area contributed by atoms with Crippen molar-refractivity contribution in [3.05, 3.63) is 41.2 Å². The average molecular weight is 250 g/mol.